The molecule has 0 bridgehead atoms. The van der Waals surface area contributed by atoms with Crippen LogP contribution in [0.4, 0.5) is 0 Å². The molecule has 0 radical (unpaired) electrons. The van der Waals surface area contributed by atoms with E-state index in [0.29, 0.717) is 0 Å². The predicted octanol–water partition coefficient (Wildman–Crippen LogP) is 5.37. The van der Waals surface area contributed by atoms with Gasteiger partial charge in [-0.05, 0) is 33.0 Å². The number of unbranched alkanes of at least 4 members (excludes halogenated alkanes) is 12. The summed E-state index contributed by atoms with van der Waals surface area (Å²) in [5, 5.41) is 3.71. The Morgan fingerprint density at radius 3 is 1.73 bits per heavy atom. The molecule has 0 saturated carbocycles. The zero-order valence-electron chi connectivity index (χ0n) is 15.5. The van der Waals surface area contributed by atoms with Gasteiger partial charge in [-0.2, -0.15) is 0 Å². The van der Waals surface area contributed by atoms with Crippen LogP contribution in [0, 0.1) is 0 Å². The molecule has 0 aliphatic carbocycles. The quantitative estimate of drug-likeness (QED) is 0.409. The number of rotatable bonds is 15. The Balaban J connectivity index is 1.68. The molecule has 132 valence electrons. The number of hydrogen-bond acceptors (Lipinski definition) is 2. The van der Waals surface area contributed by atoms with Gasteiger partial charge >= 0.3 is 0 Å². The van der Waals surface area contributed by atoms with E-state index in [4.69, 9.17) is 0 Å². The lowest BCUT2D eigenvalue weighted by molar-refractivity contribution is 0.396. The van der Waals surface area contributed by atoms with Gasteiger partial charge < -0.3 is 10.2 Å². The molecule has 1 rings (SSSR count). The minimum atomic E-state index is 0.766. The van der Waals surface area contributed by atoms with Crippen LogP contribution in [0.15, 0.2) is 0 Å². The third-order valence-electron chi connectivity index (χ3n) is 5.10. The van der Waals surface area contributed by atoms with E-state index in [1.807, 2.05) is 0 Å². The smallest absolute Gasteiger partial charge is 0.0207 e. The molecule has 0 aromatic carbocycles. The Kier molecular flexibility index (Phi) is 13.2. The van der Waals surface area contributed by atoms with Crippen molar-refractivity contribution in [1.29, 1.82) is 0 Å². The average Bonchev–Trinajstić information content (AvgIpc) is 2.93. The van der Waals surface area contributed by atoms with Crippen molar-refractivity contribution in [3.63, 3.8) is 0 Å². The largest absolute Gasteiger partial charge is 0.313 e. The van der Waals surface area contributed by atoms with Gasteiger partial charge in [0, 0.05) is 12.6 Å². The molecule has 22 heavy (non-hydrogen) atoms. The first kappa shape index (κ1) is 20.0. The SMILES string of the molecule is CCCCCCCCCCCCCCCN[C@@H]1CCN(C)C1. The highest BCUT2D eigenvalue weighted by Gasteiger charge is 2.17. The maximum absolute atomic E-state index is 3.71. The van der Waals surface area contributed by atoms with Crippen molar-refractivity contribution in [2.24, 2.45) is 0 Å². The van der Waals surface area contributed by atoms with Crippen LogP contribution in [-0.2, 0) is 0 Å². The second kappa shape index (κ2) is 14.5. The summed E-state index contributed by atoms with van der Waals surface area (Å²) in [4.78, 5) is 2.43. The van der Waals surface area contributed by atoms with Gasteiger partial charge in [-0.1, -0.05) is 84.0 Å². The fourth-order valence-corrected chi connectivity index (χ4v) is 3.55. The number of nitrogens with one attached hydrogen (secondary N) is 1. The lowest BCUT2D eigenvalue weighted by Crippen LogP contribution is -2.32. The first-order valence-electron chi connectivity index (χ1n) is 10.2. The maximum Gasteiger partial charge on any atom is 0.0207 e. The van der Waals surface area contributed by atoms with Crippen molar-refractivity contribution in [2.45, 2.75) is 103 Å². The molecule has 0 aromatic rings. The van der Waals surface area contributed by atoms with E-state index < -0.39 is 0 Å². The fraction of sp³-hybridized carbons (Fsp3) is 1.00. The van der Waals surface area contributed by atoms with Crippen LogP contribution < -0.4 is 5.32 Å². The molecule has 1 heterocycles. The van der Waals surface area contributed by atoms with Gasteiger partial charge in [0.05, 0.1) is 0 Å². The van der Waals surface area contributed by atoms with Crippen molar-refractivity contribution in [1.82, 2.24) is 10.2 Å². The van der Waals surface area contributed by atoms with Crippen LogP contribution in [0.3, 0.4) is 0 Å². The van der Waals surface area contributed by atoms with E-state index in [2.05, 4.69) is 24.2 Å². The average molecular weight is 311 g/mol. The molecule has 1 fully saturated rings. The number of likely N-dealkylation sites (tertiary alicyclic amines) is 1. The van der Waals surface area contributed by atoms with Gasteiger partial charge in [-0.15, -0.1) is 0 Å². The van der Waals surface area contributed by atoms with E-state index in [0.717, 1.165) is 6.04 Å². The molecule has 2 nitrogen and oxygen atoms in total. The second-order valence-electron chi connectivity index (χ2n) is 7.44. The molecule has 0 spiro atoms. The van der Waals surface area contributed by atoms with Crippen LogP contribution in [-0.4, -0.2) is 37.6 Å². The van der Waals surface area contributed by atoms with Crippen molar-refractivity contribution in [2.75, 3.05) is 26.7 Å². The summed E-state index contributed by atoms with van der Waals surface area (Å²) >= 11 is 0. The molecule has 1 aliphatic heterocycles. The third kappa shape index (κ3) is 11.5. The Labute approximate surface area is 140 Å². The summed E-state index contributed by atoms with van der Waals surface area (Å²) in [6, 6.07) is 0.766. The van der Waals surface area contributed by atoms with Crippen molar-refractivity contribution in [3.05, 3.63) is 0 Å². The molecule has 0 aromatic heterocycles. The Bertz CT molecular complexity index is 230. The lowest BCUT2D eigenvalue weighted by atomic mass is 10.0. The zero-order chi connectivity index (χ0) is 15.9. The minimum absolute atomic E-state index is 0.766. The topological polar surface area (TPSA) is 15.3 Å². The Hall–Kier alpha value is -0.0800. The zero-order valence-corrected chi connectivity index (χ0v) is 15.5. The van der Waals surface area contributed by atoms with Crippen LogP contribution in [0.5, 0.6) is 0 Å². The summed E-state index contributed by atoms with van der Waals surface area (Å²) in [5.41, 5.74) is 0. The highest BCUT2D eigenvalue weighted by Crippen LogP contribution is 2.12. The molecular formula is C20H42N2. The van der Waals surface area contributed by atoms with Crippen LogP contribution >= 0.6 is 0 Å². The van der Waals surface area contributed by atoms with E-state index >= 15 is 0 Å². The van der Waals surface area contributed by atoms with Gasteiger partial charge in [0.1, 0.15) is 0 Å². The summed E-state index contributed by atoms with van der Waals surface area (Å²) in [5.74, 6) is 0. The number of hydrogen-bond donors (Lipinski definition) is 1. The van der Waals surface area contributed by atoms with Gasteiger partial charge in [0.2, 0.25) is 0 Å². The second-order valence-corrected chi connectivity index (χ2v) is 7.44. The maximum atomic E-state index is 3.71. The molecule has 1 aliphatic rings. The fourth-order valence-electron chi connectivity index (χ4n) is 3.55. The van der Waals surface area contributed by atoms with E-state index in [1.165, 1.54) is 110 Å². The van der Waals surface area contributed by atoms with Gasteiger partial charge in [-0.3, -0.25) is 0 Å². The molecular weight excluding hydrogens is 268 g/mol. The van der Waals surface area contributed by atoms with Crippen molar-refractivity contribution >= 4 is 0 Å². The van der Waals surface area contributed by atoms with Crippen LogP contribution in [0.1, 0.15) is 96.8 Å². The van der Waals surface area contributed by atoms with Gasteiger partial charge in [0.15, 0.2) is 0 Å². The molecule has 0 unspecified atom stereocenters. The molecule has 0 amide bonds. The molecule has 2 heteroatoms. The third-order valence-corrected chi connectivity index (χ3v) is 5.10. The summed E-state index contributed by atoms with van der Waals surface area (Å²) in [6.07, 6.45) is 20.1. The highest BCUT2D eigenvalue weighted by atomic mass is 15.2. The Morgan fingerprint density at radius 1 is 0.773 bits per heavy atom. The molecule has 1 atom stereocenters. The van der Waals surface area contributed by atoms with E-state index in [-0.39, 0.29) is 0 Å². The summed E-state index contributed by atoms with van der Waals surface area (Å²) < 4.78 is 0. The van der Waals surface area contributed by atoms with Crippen LogP contribution in [0.25, 0.3) is 0 Å². The monoisotopic (exact) mass is 310 g/mol. The van der Waals surface area contributed by atoms with Gasteiger partial charge in [-0.25, -0.2) is 0 Å². The highest BCUT2D eigenvalue weighted by molar-refractivity contribution is 4.78. The summed E-state index contributed by atoms with van der Waals surface area (Å²) in [7, 11) is 2.23. The van der Waals surface area contributed by atoms with Crippen LogP contribution in [0.2, 0.25) is 0 Å². The van der Waals surface area contributed by atoms with Crippen molar-refractivity contribution in [3.8, 4) is 0 Å². The normalized spacial score (nSPS) is 19.1. The lowest BCUT2D eigenvalue weighted by Gasteiger charge is -2.12. The van der Waals surface area contributed by atoms with E-state index in [9.17, 15) is 0 Å². The standard InChI is InChI=1S/C20H42N2/c1-3-4-5-6-7-8-9-10-11-12-13-14-15-17-21-20-16-18-22(2)19-20/h20-21H,3-19H2,1-2H3/t20-/m1/s1. The minimum Gasteiger partial charge on any atom is -0.313 e. The summed E-state index contributed by atoms with van der Waals surface area (Å²) in [6.45, 7) is 6.05. The van der Waals surface area contributed by atoms with Crippen molar-refractivity contribution < 1.29 is 0 Å². The first-order valence-corrected chi connectivity index (χ1v) is 10.2. The number of likely N-dealkylation sites (N-methyl/N-ethyl adjacent to an activating group) is 1. The molecule has 1 N–H and O–H groups in total. The predicted molar refractivity (Wildman–Crippen MR) is 99.6 cm³/mol. The van der Waals surface area contributed by atoms with Gasteiger partial charge in [0.25, 0.3) is 0 Å². The first-order chi connectivity index (χ1) is 10.8. The Morgan fingerprint density at radius 2 is 1.27 bits per heavy atom. The van der Waals surface area contributed by atoms with E-state index in [1.54, 1.807) is 0 Å². The molecule has 1 saturated heterocycles. The number of nitrogens with zero attached hydrogens (tertiary/aromatic N) is 1.